The van der Waals surface area contributed by atoms with Crippen LogP contribution in [0.2, 0.25) is 0 Å². The van der Waals surface area contributed by atoms with Gasteiger partial charge in [0.25, 0.3) is 0 Å². The molecule has 0 atom stereocenters. The second kappa shape index (κ2) is 25.1. The number of para-hydroxylation sites is 6. The van der Waals surface area contributed by atoms with Crippen molar-refractivity contribution in [1.82, 2.24) is 4.57 Å². The number of hydrogen-bond acceptors (Lipinski definition) is 4. The van der Waals surface area contributed by atoms with Gasteiger partial charge in [-0.3, -0.25) is 0 Å². The highest BCUT2D eigenvalue weighted by molar-refractivity contribution is 6.12. The summed E-state index contributed by atoms with van der Waals surface area (Å²) in [5, 5.41) is 9.47. The Labute approximate surface area is 626 Å². The van der Waals surface area contributed by atoms with E-state index in [2.05, 4.69) is 386 Å². The molecule has 1 aliphatic rings. The third kappa shape index (κ3) is 10.4. The van der Waals surface area contributed by atoms with Crippen molar-refractivity contribution in [3.05, 3.63) is 393 Å². The lowest BCUT2D eigenvalue weighted by molar-refractivity contribution is 0.660. The van der Waals surface area contributed by atoms with Crippen LogP contribution in [0.4, 0.5) is 34.1 Å². The summed E-state index contributed by atoms with van der Waals surface area (Å²) >= 11 is 0. The van der Waals surface area contributed by atoms with Gasteiger partial charge in [-0.05, 0) is 210 Å². The molecule has 0 fully saturated rings. The number of furan rings is 2. The summed E-state index contributed by atoms with van der Waals surface area (Å²) in [6.07, 6.45) is 0. The molecule has 0 N–H and O–H groups in total. The van der Waals surface area contributed by atoms with E-state index < -0.39 is 0 Å². The highest BCUT2D eigenvalue weighted by Crippen LogP contribution is 2.53. The van der Waals surface area contributed by atoms with Crippen LogP contribution in [0.5, 0.6) is 0 Å². The van der Waals surface area contributed by atoms with Crippen molar-refractivity contribution in [1.29, 1.82) is 0 Å². The maximum atomic E-state index is 6.52. The van der Waals surface area contributed by atoms with Gasteiger partial charge < -0.3 is 23.2 Å². The van der Waals surface area contributed by atoms with Gasteiger partial charge in [-0.2, -0.15) is 0 Å². The first-order valence-electron chi connectivity index (χ1n) is 37.2. The Morgan fingerprint density at radius 1 is 0.231 bits per heavy atom. The molecule has 508 valence electrons. The lowest BCUT2D eigenvalue weighted by atomic mass is 9.82. The number of anilines is 6. The maximum Gasteiger partial charge on any atom is 0.143 e. The van der Waals surface area contributed by atoms with Crippen molar-refractivity contribution in [2.75, 3.05) is 9.80 Å². The molecule has 0 aliphatic heterocycles. The Kier molecular flexibility index (Phi) is 14.6. The maximum absolute atomic E-state index is 6.52. The second-order valence-corrected chi connectivity index (χ2v) is 29.1. The zero-order valence-corrected chi connectivity index (χ0v) is 59.5. The molecule has 21 rings (SSSR count). The van der Waals surface area contributed by atoms with Crippen LogP contribution >= 0.6 is 0 Å². The quantitative estimate of drug-likeness (QED) is 0.115. The van der Waals surface area contributed by atoms with Crippen LogP contribution in [0.3, 0.4) is 0 Å². The summed E-state index contributed by atoms with van der Waals surface area (Å²) < 4.78 is 15.5. The molecule has 3 aromatic heterocycles. The molecule has 0 saturated carbocycles. The Bertz CT molecular complexity index is 6720. The first-order valence-corrected chi connectivity index (χ1v) is 37.2. The number of rotatable bonds is 13. The molecule has 0 spiro atoms. The van der Waals surface area contributed by atoms with E-state index in [1.807, 2.05) is 24.3 Å². The fraction of sp³-hybridized carbons (Fsp3) is 0.0291. The minimum absolute atomic E-state index is 0.282. The second-order valence-electron chi connectivity index (χ2n) is 29.1. The minimum Gasteiger partial charge on any atom is -0.455 e. The van der Waals surface area contributed by atoms with Crippen LogP contribution in [-0.4, -0.2) is 4.57 Å². The van der Waals surface area contributed by atoms with Crippen LogP contribution in [-0.2, 0) is 5.41 Å². The Hall–Kier alpha value is -14.0. The van der Waals surface area contributed by atoms with Gasteiger partial charge >= 0.3 is 0 Å². The van der Waals surface area contributed by atoms with E-state index in [0.29, 0.717) is 0 Å². The monoisotopic (exact) mass is 1380 g/mol. The summed E-state index contributed by atoms with van der Waals surface area (Å²) in [4.78, 5) is 4.77. The normalized spacial score (nSPS) is 12.4. The molecule has 5 heteroatoms. The van der Waals surface area contributed by atoms with Gasteiger partial charge in [0.15, 0.2) is 0 Å². The molecule has 17 aromatic carbocycles. The van der Waals surface area contributed by atoms with E-state index in [-0.39, 0.29) is 5.41 Å². The van der Waals surface area contributed by atoms with Crippen LogP contribution in [0.25, 0.3) is 160 Å². The molecule has 108 heavy (non-hydrogen) atoms. The standard InChI is InChI=1S/C103H69N3O2/c1-103(2)95-64-81(58-60-87(95)88-61-59-82(65-96(88)103)106-97-34-9-5-25-89(97)90-26-6-10-35-98(90)106)105(80-52-42-69(43-53-80)84-29-15-19-68-18-3-4-24-83(68)84)79-50-40-67(41-51-79)73-21-14-23-75(63-73)74-22-13-20-72(62-74)66-38-48-76(49-39-66)104(77-54-44-70(45-55-77)85-30-16-32-93-91-27-7-11-36-99(91)107-101(85)93)78-56-46-71(47-57-78)86-31-17-33-94-92-28-8-12-37-100(92)108-102(86)94/h3-65H,1-2H3. The van der Waals surface area contributed by atoms with E-state index >= 15 is 0 Å². The largest absolute Gasteiger partial charge is 0.455 e. The third-order valence-corrected chi connectivity index (χ3v) is 22.6. The topological polar surface area (TPSA) is 37.7 Å². The first-order chi connectivity index (χ1) is 53.3. The van der Waals surface area contributed by atoms with Crippen molar-refractivity contribution < 1.29 is 8.83 Å². The van der Waals surface area contributed by atoms with Gasteiger partial charge in [-0.25, -0.2) is 0 Å². The summed E-state index contributed by atoms with van der Waals surface area (Å²) in [6, 6.07) is 139. The lowest BCUT2D eigenvalue weighted by Gasteiger charge is -2.28. The van der Waals surface area contributed by atoms with E-state index in [0.717, 1.165) is 134 Å². The minimum atomic E-state index is -0.282. The average molecular weight is 1380 g/mol. The lowest BCUT2D eigenvalue weighted by Crippen LogP contribution is -2.17. The highest BCUT2D eigenvalue weighted by Gasteiger charge is 2.37. The number of benzene rings is 17. The van der Waals surface area contributed by atoms with Crippen molar-refractivity contribution in [3.63, 3.8) is 0 Å². The predicted octanol–water partition coefficient (Wildman–Crippen LogP) is 29.0. The van der Waals surface area contributed by atoms with Gasteiger partial charge in [0, 0.05) is 88.7 Å². The van der Waals surface area contributed by atoms with Gasteiger partial charge in [0.1, 0.15) is 22.3 Å². The molecular formula is C103H69N3O2. The molecule has 0 saturated heterocycles. The first kappa shape index (κ1) is 62.6. The SMILES string of the molecule is CC1(C)c2cc(N(c3ccc(-c4cccc(-c5cccc(-c6ccc(N(c7ccc(-c8cccc9c8oc8ccccc89)cc7)c7ccc(-c8cccc9c8oc8ccccc89)cc7)cc6)c5)c4)cc3)c3ccc(-c4cccc5ccccc45)cc3)ccc2-c2ccc(-n3c4ccccc4c4ccccc43)cc21. The van der Waals surface area contributed by atoms with Crippen molar-refractivity contribution >= 4 is 111 Å². The summed E-state index contributed by atoms with van der Waals surface area (Å²) in [6.45, 7) is 4.79. The number of hydrogen-bond donors (Lipinski definition) is 0. The number of nitrogens with zero attached hydrogens (tertiary/aromatic N) is 3. The zero-order valence-electron chi connectivity index (χ0n) is 59.5. The summed E-state index contributed by atoms with van der Waals surface area (Å²) in [5.74, 6) is 0. The van der Waals surface area contributed by atoms with Gasteiger partial charge in [-0.15, -0.1) is 0 Å². The van der Waals surface area contributed by atoms with Crippen molar-refractivity contribution in [2.45, 2.75) is 19.3 Å². The molecule has 20 aromatic rings. The third-order valence-electron chi connectivity index (χ3n) is 22.6. The Morgan fingerprint density at radius 3 is 1.07 bits per heavy atom. The molecule has 0 amide bonds. The Balaban J connectivity index is 0.592. The molecule has 0 bridgehead atoms. The molecular weight excluding hydrogens is 1310 g/mol. The van der Waals surface area contributed by atoms with E-state index in [1.165, 1.54) is 71.6 Å². The van der Waals surface area contributed by atoms with Gasteiger partial charge in [0.2, 0.25) is 0 Å². The van der Waals surface area contributed by atoms with E-state index in [1.54, 1.807) is 0 Å². The molecule has 0 unspecified atom stereocenters. The summed E-state index contributed by atoms with van der Waals surface area (Å²) in [7, 11) is 0. The van der Waals surface area contributed by atoms with Crippen LogP contribution in [0.15, 0.2) is 391 Å². The van der Waals surface area contributed by atoms with Crippen molar-refractivity contribution in [2.24, 2.45) is 0 Å². The Morgan fingerprint density at radius 2 is 0.574 bits per heavy atom. The average Bonchev–Trinajstić information content (AvgIpc) is 1.55. The van der Waals surface area contributed by atoms with Crippen LogP contribution < -0.4 is 9.80 Å². The van der Waals surface area contributed by atoms with E-state index in [9.17, 15) is 0 Å². The van der Waals surface area contributed by atoms with Gasteiger partial charge in [-0.1, -0.05) is 275 Å². The predicted molar refractivity (Wildman–Crippen MR) is 452 cm³/mol. The fourth-order valence-corrected chi connectivity index (χ4v) is 17.2. The number of fused-ring (bicyclic) bond motifs is 13. The van der Waals surface area contributed by atoms with Crippen LogP contribution in [0.1, 0.15) is 25.0 Å². The smallest absolute Gasteiger partial charge is 0.143 e. The van der Waals surface area contributed by atoms with E-state index in [4.69, 9.17) is 8.83 Å². The van der Waals surface area contributed by atoms with Crippen molar-refractivity contribution in [3.8, 4) is 83.6 Å². The highest BCUT2D eigenvalue weighted by atomic mass is 16.3. The zero-order chi connectivity index (χ0) is 71.6. The fourth-order valence-electron chi connectivity index (χ4n) is 17.2. The van der Waals surface area contributed by atoms with Gasteiger partial charge in [0.05, 0.1) is 11.0 Å². The van der Waals surface area contributed by atoms with Crippen LogP contribution in [0, 0.1) is 0 Å². The molecule has 3 heterocycles. The molecule has 1 aliphatic carbocycles. The molecule has 5 nitrogen and oxygen atoms in total. The summed E-state index contributed by atoms with van der Waals surface area (Å²) in [5.41, 5.74) is 32.0. The molecule has 0 radical (unpaired) electrons. The number of aromatic nitrogens is 1.